The first kappa shape index (κ1) is 13.4. The van der Waals surface area contributed by atoms with Gasteiger partial charge in [-0.15, -0.1) is 11.6 Å². The van der Waals surface area contributed by atoms with Gasteiger partial charge in [-0.05, 0) is 32.6 Å². The summed E-state index contributed by atoms with van der Waals surface area (Å²) in [5.41, 5.74) is 0. The molecule has 1 aliphatic heterocycles. The van der Waals surface area contributed by atoms with E-state index in [-0.39, 0.29) is 6.10 Å². The van der Waals surface area contributed by atoms with Gasteiger partial charge in [0.15, 0.2) is 0 Å². The molecule has 0 spiro atoms. The minimum atomic E-state index is 0.135. The Morgan fingerprint density at radius 1 is 1.50 bits per heavy atom. The molecule has 1 atom stereocenters. The van der Waals surface area contributed by atoms with Gasteiger partial charge < -0.3 is 9.64 Å². The highest BCUT2D eigenvalue weighted by Crippen LogP contribution is 2.26. The second-order valence-electron chi connectivity index (χ2n) is 4.96. The van der Waals surface area contributed by atoms with Crippen molar-refractivity contribution in [1.29, 1.82) is 0 Å². The van der Waals surface area contributed by atoms with E-state index >= 15 is 0 Å². The van der Waals surface area contributed by atoms with Crippen LogP contribution >= 0.6 is 11.6 Å². The number of hydrogen-bond donors (Lipinski definition) is 0. The fourth-order valence-electron chi connectivity index (χ4n) is 2.24. The van der Waals surface area contributed by atoms with Crippen molar-refractivity contribution >= 4 is 17.4 Å². The summed E-state index contributed by atoms with van der Waals surface area (Å²) in [6.07, 6.45) is 3.98. The summed E-state index contributed by atoms with van der Waals surface area (Å²) in [6.45, 7) is 6.06. The van der Waals surface area contributed by atoms with E-state index in [0.717, 1.165) is 31.2 Å². The van der Waals surface area contributed by atoms with E-state index in [9.17, 15) is 0 Å². The van der Waals surface area contributed by atoms with Crippen LogP contribution in [-0.2, 0) is 0 Å². The molecule has 0 N–H and O–H groups in total. The molecule has 5 heteroatoms. The summed E-state index contributed by atoms with van der Waals surface area (Å²) >= 11 is 5.79. The van der Waals surface area contributed by atoms with E-state index in [1.165, 1.54) is 6.42 Å². The SMILES string of the molecule is CC(C)Oc1cc(N2CCC(CCCl)C2)ncn1. The summed E-state index contributed by atoms with van der Waals surface area (Å²) in [4.78, 5) is 10.7. The standard InChI is InChI=1S/C13H20ClN3O/c1-10(2)18-13-7-12(15-9-16-13)17-6-4-11(8-17)3-5-14/h7,9-11H,3-6,8H2,1-2H3. The summed E-state index contributed by atoms with van der Waals surface area (Å²) in [5, 5.41) is 0. The second kappa shape index (κ2) is 6.23. The van der Waals surface area contributed by atoms with Crippen molar-refractivity contribution in [3.05, 3.63) is 12.4 Å². The van der Waals surface area contributed by atoms with Gasteiger partial charge in [0.2, 0.25) is 5.88 Å². The maximum Gasteiger partial charge on any atom is 0.218 e. The van der Waals surface area contributed by atoms with Crippen LogP contribution in [0.1, 0.15) is 26.7 Å². The van der Waals surface area contributed by atoms with Crippen LogP contribution < -0.4 is 9.64 Å². The number of ether oxygens (including phenoxy) is 1. The zero-order chi connectivity index (χ0) is 13.0. The second-order valence-corrected chi connectivity index (χ2v) is 5.34. The van der Waals surface area contributed by atoms with Gasteiger partial charge in [0.05, 0.1) is 6.10 Å². The first-order valence-electron chi connectivity index (χ1n) is 6.48. The van der Waals surface area contributed by atoms with Gasteiger partial charge >= 0.3 is 0 Å². The molecular weight excluding hydrogens is 250 g/mol. The molecule has 1 unspecified atom stereocenters. The Labute approximate surface area is 113 Å². The minimum Gasteiger partial charge on any atom is -0.475 e. The molecule has 1 aromatic rings. The van der Waals surface area contributed by atoms with E-state index in [4.69, 9.17) is 16.3 Å². The Balaban J connectivity index is 2.01. The van der Waals surface area contributed by atoms with Crippen LogP contribution in [-0.4, -0.2) is 35.0 Å². The van der Waals surface area contributed by atoms with Gasteiger partial charge in [0.1, 0.15) is 12.1 Å². The smallest absolute Gasteiger partial charge is 0.218 e. The lowest BCUT2D eigenvalue weighted by atomic mass is 10.1. The number of alkyl halides is 1. The minimum absolute atomic E-state index is 0.135. The third kappa shape index (κ3) is 3.48. The topological polar surface area (TPSA) is 38.2 Å². The third-order valence-corrected chi connectivity index (χ3v) is 3.33. The number of anilines is 1. The summed E-state index contributed by atoms with van der Waals surface area (Å²) in [5.74, 6) is 3.03. The molecule has 1 aromatic heterocycles. The Morgan fingerprint density at radius 3 is 3.06 bits per heavy atom. The molecule has 0 saturated carbocycles. The maximum atomic E-state index is 5.79. The number of hydrogen-bond acceptors (Lipinski definition) is 4. The molecule has 0 aliphatic carbocycles. The summed E-state index contributed by atoms with van der Waals surface area (Å²) in [6, 6.07) is 1.92. The highest BCUT2D eigenvalue weighted by atomic mass is 35.5. The molecule has 0 aromatic carbocycles. The number of rotatable bonds is 5. The molecule has 0 bridgehead atoms. The number of halogens is 1. The quantitative estimate of drug-likeness (QED) is 0.771. The zero-order valence-electron chi connectivity index (χ0n) is 11.0. The summed E-state index contributed by atoms with van der Waals surface area (Å²) < 4.78 is 5.59. The van der Waals surface area contributed by atoms with Crippen molar-refractivity contribution in [2.45, 2.75) is 32.8 Å². The van der Waals surface area contributed by atoms with Crippen LogP contribution in [0, 0.1) is 5.92 Å². The molecule has 1 saturated heterocycles. The van der Waals surface area contributed by atoms with E-state index in [2.05, 4.69) is 14.9 Å². The molecule has 100 valence electrons. The molecule has 2 rings (SSSR count). The molecule has 1 aliphatic rings. The van der Waals surface area contributed by atoms with Crippen molar-refractivity contribution in [3.8, 4) is 5.88 Å². The van der Waals surface area contributed by atoms with Crippen molar-refractivity contribution in [2.75, 3.05) is 23.9 Å². The van der Waals surface area contributed by atoms with Crippen LogP contribution in [0.3, 0.4) is 0 Å². The lowest BCUT2D eigenvalue weighted by Crippen LogP contribution is -2.21. The van der Waals surface area contributed by atoms with Crippen molar-refractivity contribution < 1.29 is 4.74 Å². The highest BCUT2D eigenvalue weighted by molar-refractivity contribution is 6.17. The van der Waals surface area contributed by atoms with Crippen LogP contribution in [0.2, 0.25) is 0 Å². The summed E-state index contributed by atoms with van der Waals surface area (Å²) in [7, 11) is 0. The van der Waals surface area contributed by atoms with Crippen LogP contribution in [0.5, 0.6) is 5.88 Å². The average molecular weight is 270 g/mol. The lowest BCUT2D eigenvalue weighted by Gasteiger charge is -2.18. The van der Waals surface area contributed by atoms with Crippen LogP contribution in [0.15, 0.2) is 12.4 Å². The number of aromatic nitrogens is 2. The van der Waals surface area contributed by atoms with Crippen molar-refractivity contribution in [2.24, 2.45) is 5.92 Å². The van der Waals surface area contributed by atoms with E-state index in [1.54, 1.807) is 6.33 Å². The van der Waals surface area contributed by atoms with Gasteiger partial charge in [0, 0.05) is 25.0 Å². The van der Waals surface area contributed by atoms with Crippen molar-refractivity contribution in [3.63, 3.8) is 0 Å². The molecule has 18 heavy (non-hydrogen) atoms. The molecule has 4 nitrogen and oxygen atoms in total. The Hall–Kier alpha value is -1.03. The van der Waals surface area contributed by atoms with Crippen LogP contribution in [0.25, 0.3) is 0 Å². The third-order valence-electron chi connectivity index (χ3n) is 3.11. The average Bonchev–Trinajstić information content (AvgIpc) is 2.78. The Bertz CT molecular complexity index is 386. The normalized spacial score (nSPS) is 19.6. The largest absolute Gasteiger partial charge is 0.475 e. The van der Waals surface area contributed by atoms with Crippen LogP contribution in [0.4, 0.5) is 5.82 Å². The molecule has 1 fully saturated rings. The van der Waals surface area contributed by atoms with E-state index < -0.39 is 0 Å². The van der Waals surface area contributed by atoms with Gasteiger partial charge in [-0.1, -0.05) is 0 Å². The van der Waals surface area contributed by atoms with Crippen molar-refractivity contribution in [1.82, 2.24) is 9.97 Å². The van der Waals surface area contributed by atoms with Gasteiger partial charge in [-0.2, -0.15) is 0 Å². The molecule has 0 amide bonds. The maximum absolute atomic E-state index is 5.79. The first-order valence-corrected chi connectivity index (χ1v) is 7.02. The lowest BCUT2D eigenvalue weighted by molar-refractivity contribution is 0.232. The highest BCUT2D eigenvalue weighted by Gasteiger charge is 2.23. The van der Waals surface area contributed by atoms with Gasteiger partial charge in [-0.25, -0.2) is 9.97 Å². The van der Waals surface area contributed by atoms with E-state index in [1.807, 2.05) is 19.9 Å². The zero-order valence-corrected chi connectivity index (χ0v) is 11.7. The monoisotopic (exact) mass is 269 g/mol. The number of nitrogens with zero attached hydrogens (tertiary/aromatic N) is 3. The van der Waals surface area contributed by atoms with Gasteiger partial charge in [0.25, 0.3) is 0 Å². The fraction of sp³-hybridized carbons (Fsp3) is 0.692. The first-order chi connectivity index (χ1) is 8.69. The molecule has 0 radical (unpaired) electrons. The molecular formula is C13H20ClN3O. The Morgan fingerprint density at radius 2 is 2.33 bits per heavy atom. The van der Waals surface area contributed by atoms with Gasteiger partial charge in [-0.3, -0.25) is 0 Å². The molecule has 2 heterocycles. The van der Waals surface area contributed by atoms with E-state index in [0.29, 0.717) is 11.8 Å². The predicted molar refractivity (Wildman–Crippen MR) is 73.5 cm³/mol. The predicted octanol–water partition coefficient (Wildman–Crippen LogP) is 2.72. The fourth-order valence-corrected chi connectivity index (χ4v) is 2.55. The Kier molecular flexibility index (Phi) is 4.64.